The lowest BCUT2D eigenvalue weighted by atomic mass is 9.65. The highest BCUT2D eigenvalue weighted by Crippen LogP contribution is 2.52. The third-order valence-corrected chi connectivity index (χ3v) is 8.40. The van der Waals surface area contributed by atoms with Gasteiger partial charge in [-0.15, -0.1) is 0 Å². The number of likely N-dealkylation sites (tertiary alicyclic amines) is 2. The number of methoxy groups -OCH3 is 1. The number of nitrogens with one attached hydrogen (secondary N) is 1. The van der Waals surface area contributed by atoms with Crippen molar-refractivity contribution in [3.8, 4) is 0 Å². The van der Waals surface area contributed by atoms with Crippen LogP contribution >= 0.6 is 0 Å². The van der Waals surface area contributed by atoms with E-state index in [1.807, 2.05) is 48.2 Å². The zero-order chi connectivity index (χ0) is 29.1. The standard InChI is InChI=1S/C31H43N3O6/c1-21-31(29(38)39-5)19-23(17-26(35)32-14-10-16-33-15-9-13-27(33)36)28(37)34(20-22-11-7-6-8-12-22)24(31)18-25(40-21)30(2,3)4/h6-8,11-12,18,21,23,25H,9-10,13-17,19-20H2,1-5H3,(H,32,35)/t21-,23+,25-,31+/m1/s1. The number of amides is 3. The van der Waals surface area contributed by atoms with E-state index < -0.39 is 23.4 Å². The van der Waals surface area contributed by atoms with Crippen molar-refractivity contribution in [2.24, 2.45) is 16.7 Å². The number of esters is 1. The molecule has 0 aromatic heterocycles. The fourth-order valence-electron chi connectivity index (χ4n) is 6.10. The van der Waals surface area contributed by atoms with E-state index in [0.29, 0.717) is 31.6 Å². The van der Waals surface area contributed by atoms with Crippen LogP contribution in [0.4, 0.5) is 0 Å². The first-order chi connectivity index (χ1) is 19.0. The SMILES string of the molecule is COC(=O)[C@]12C[C@H](CC(=O)NCCCN3CCCC3=O)C(=O)N(Cc3ccccc3)C1=C[C@H](C(C)(C)C)O[C@@H]2C. The van der Waals surface area contributed by atoms with Gasteiger partial charge in [0.2, 0.25) is 17.7 Å². The molecule has 0 spiro atoms. The monoisotopic (exact) mass is 553 g/mol. The number of hydrogen-bond acceptors (Lipinski definition) is 6. The number of rotatable bonds is 9. The second-order valence-corrected chi connectivity index (χ2v) is 12.3. The van der Waals surface area contributed by atoms with Crippen LogP contribution in [0.15, 0.2) is 42.1 Å². The molecule has 1 aromatic carbocycles. The number of carbonyl (C=O) groups is 4. The molecule has 9 nitrogen and oxygen atoms in total. The van der Waals surface area contributed by atoms with E-state index in [0.717, 1.165) is 18.5 Å². The van der Waals surface area contributed by atoms with Crippen molar-refractivity contribution in [1.29, 1.82) is 0 Å². The summed E-state index contributed by atoms with van der Waals surface area (Å²) in [5, 5.41) is 2.91. The Labute approximate surface area is 237 Å². The van der Waals surface area contributed by atoms with Crippen LogP contribution in [0.2, 0.25) is 0 Å². The molecule has 218 valence electrons. The predicted molar refractivity (Wildman–Crippen MR) is 149 cm³/mol. The van der Waals surface area contributed by atoms with E-state index in [-0.39, 0.29) is 48.6 Å². The lowest BCUT2D eigenvalue weighted by molar-refractivity contribution is -0.180. The van der Waals surface area contributed by atoms with Gasteiger partial charge in [-0.25, -0.2) is 0 Å². The van der Waals surface area contributed by atoms with Crippen LogP contribution in [0.5, 0.6) is 0 Å². The van der Waals surface area contributed by atoms with Crippen molar-refractivity contribution < 1.29 is 28.7 Å². The minimum absolute atomic E-state index is 0.0474. The Morgan fingerprint density at radius 3 is 2.52 bits per heavy atom. The van der Waals surface area contributed by atoms with E-state index in [4.69, 9.17) is 9.47 Å². The topological polar surface area (TPSA) is 105 Å². The molecular formula is C31H43N3O6. The van der Waals surface area contributed by atoms with E-state index in [1.54, 1.807) is 4.90 Å². The van der Waals surface area contributed by atoms with Crippen molar-refractivity contribution in [3.63, 3.8) is 0 Å². The van der Waals surface area contributed by atoms with E-state index in [1.165, 1.54) is 7.11 Å². The number of hydrogen-bond donors (Lipinski definition) is 1. The molecule has 0 bridgehead atoms. The van der Waals surface area contributed by atoms with Crippen molar-refractivity contribution >= 4 is 23.7 Å². The molecule has 3 amide bonds. The summed E-state index contributed by atoms with van der Waals surface area (Å²) in [6.45, 7) is 10.1. The Bertz CT molecular complexity index is 1140. The molecule has 2 fully saturated rings. The average Bonchev–Trinajstić information content (AvgIpc) is 3.33. The largest absolute Gasteiger partial charge is 0.468 e. The van der Waals surface area contributed by atoms with Crippen molar-refractivity contribution in [2.75, 3.05) is 26.7 Å². The molecule has 4 atom stereocenters. The average molecular weight is 554 g/mol. The van der Waals surface area contributed by atoms with Crippen molar-refractivity contribution in [3.05, 3.63) is 47.7 Å². The van der Waals surface area contributed by atoms with Crippen LogP contribution in [0, 0.1) is 16.7 Å². The highest BCUT2D eigenvalue weighted by Gasteiger charge is 2.60. The summed E-state index contributed by atoms with van der Waals surface area (Å²) in [5.74, 6) is -1.47. The Morgan fingerprint density at radius 2 is 1.90 bits per heavy atom. The molecule has 40 heavy (non-hydrogen) atoms. The van der Waals surface area contributed by atoms with Gasteiger partial charge in [-0.05, 0) is 43.2 Å². The Hall–Kier alpha value is -3.20. The van der Waals surface area contributed by atoms with Crippen LogP contribution in [-0.4, -0.2) is 72.4 Å². The van der Waals surface area contributed by atoms with Crippen LogP contribution < -0.4 is 5.32 Å². The van der Waals surface area contributed by atoms with Gasteiger partial charge < -0.3 is 24.6 Å². The summed E-state index contributed by atoms with van der Waals surface area (Å²) in [4.78, 5) is 56.0. The summed E-state index contributed by atoms with van der Waals surface area (Å²) in [6.07, 6.45) is 3.22. The van der Waals surface area contributed by atoms with Gasteiger partial charge in [-0.3, -0.25) is 19.2 Å². The van der Waals surface area contributed by atoms with Gasteiger partial charge in [0.1, 0.15) is 5.41 Å². The Morgan fingerprint density at radius 1 is 1.18 bits per heavy atom. The number of nitrogens with zero attached hydrogens (tertiary/aromatic N) is 2. The maximum Gasteiger partial charge on any atom is 0.320 e. The second-order valence-electron chi connectivity index (χ2n) is 12.3. The minimum atomic E-state index is -1.22. The first-order valence-electron chi connectivity index (χ1n) is 14.3. The zero-order valence-electron chi connectivity index (χ0n) is 24.4. The van der Waals surface area contributed by atoms with Gasteiger partial charge in [-0.1, -0.05) is 51.1 Å². The first kappa shape index (κ1) is 29.8. The molecule has 0 saturated carbocycles. The maximum absolute atomic E-state index is 14.0. The molecular weight excluding hydrogens is 510 g/mol. The molecule has 4 rings (SSSR count). The van der Waals surface area contributed by atoms with Crippen LogP contribution in [0.3, 0.4) is 0 Å². The van der Waals surface area contributed by atoms with E-state index in [2.05, 4.69) is 26.1 Å². The summed E-state index contributed by atoms with van der Waals surface area (Å²) >= 11 is 0. The molecule has 3 heterocycles. The number of benzene rings is 1. The highest BCUT2D eigenvalue weighted by molar-refractivity contribution is 5.92. The van der Waals surface area contributed by atoms with Crippen LogP contribution in [0.1, 0.15) is 65.4 Å². The van der Waals surface area contributed by atoms with Crippen LogP contribution in [0.25, 0.3) is 0 Å². The Balaban J connectivity index is 1.59. The quantitative estimate of drug-likeness (QED) is 0.371. The molecule has 0 aliphatic carbocycles. The van der Waals surface area contributed by atoms with Gasteiger partial charge in [0, 0.05) is 44.1 Å². The normalized spacial score (nSPS) is 26.8. The third-order valence-electron chi connectivity index (χ3n) is 8.40. The zero-order valence-corrected chi connectivity index (χ0v) is 24.4. The number of ether oxygens (including phenoxy) is 2. The number of carbonyl (C=O) groups excluding carboxylic acids is 4. The smallest absolute Gasteiger partial charge is 0.320 e. The fraction of sp³-hybridized carbons (Fsp3) is 0.613. The van der Waals surface area contributed by atoms with Crippen molar-refractivity contribution in [1.82, 2.24) is 15.1 Å². The Kier molecular flexibility index (Phi) is 9.02. The molecule has 0 unspecified atom stereocenters. The first-order valence-corrected chi connectivity index (χ1v) is 14.3. The molecule has 3 aliphatic heterocycles. The lowest BCUT2D eigenvalue weighted by Gasteiger charge is -2.53. The molecule has 1 aromatic rings. The lowest BCUT2D eigenvalue weighted by Crippen LogP contribution is -2.61. The van der Waals surface area contributed by atoms with Crippen molar-refractivity contribution in [2.45, 2.75) is 78.6 Å². The van der Waals surface area contributed by atoms with E-state index in [9.17, 15) is 19.2 Å². The number of fused-ring (bicyclic) bond motifs is 1. The molecule has 3 aliphatic rings. The van der Waals surface area contributed by atoms with Gasteiger partial charge in [0.05, 0.1) is 25.9 Å². The summed E-state index contributed by atoms with van der Waals surface area (Å²) < 4.78 is 11.8. The summed E-state index contributed by atoms with van der Waals surface area (Å²) in [6, 6.07) is 9.63. The third kappa shape index (κ3) is 6.09. The van der Waals surface area contributed by atoms with Crippen LogP contribution in [-0.2, 0) is 35.2 Å². The molecule has 9 heteroatoms. The van der Waals surface area contributed by atoms with Gasteiger partial charge >= 0.3 is 5.97 Å². The van der Waals surface area contributed by atoms with Gasteiger partial charge in [-0.2, -0.15) is 0 Å². The maximum atomic E-state index is 14.0. The number of piperidine rings is 1. The predicted octanol–water partition coefficient (Wildman–Crippen LogP) is 3.43. The van der Waals surface area contributed by atoms with Gasteiger partial charge in [0.15, 0.2) is 0 Å². The van der Waals surface area contributed by atoms with Gasteiger partial charge in [0.25, 0.3) is 0 Å². The molecule has 0 radical (unpaired) electrons. The molecule has 2 saturated heterocycles. The second kappa shape index (κ2) is 12.1. The molecule has 1 N–H and O–H groups in total. The fourth-order valence-corrected chi connectivity index (χ4v) is 6.10. The summed E-state index contributed by atoms with van der Waals surface area (Å²) in [5.41, 5.74) is 0.0316. The highest BCUT2D eigenvalue weighted by atomic mass is 16.5. The summed E-state index contributed by atoms with van der Waals surface area (Å²) in [7, 11) is 1.35. The van der Waals surface area contributed by atoms with E-state index >= 15 is 0 Å². The minimum Gasteiger partial charge on any atom is -0.468 e.